The molecular formula is C14H15NO. The zero-order chi connectivity index (χ0) is 11.2. The molecule has 0 aliphatic rings. The van der Waals surface area contributed by atoms with Gasteiger partial charge in [0, 0.05) is 23.9 Å². The molecule has 0 N–H and O–H groups in total. The van der Waals surface area contributed by atoms with Crippen molar-refractivity contribution < 1.29 is 4.74 Å². The van der Waals surface area contributed by atoms with Crippen LogP contribution < -0.4 is 0 Å². The van der Waals surface area contributed by atoms with Gasteiger partial charge in [0.05, 0.1) is 12.3 Å². The van der Waals surface area contributed by atoms with Crippen molar-refractivity contribution in [3.05, 3.63) is 54.2 Å². The van der Waals surface area contributed by atoms with E-state index in [0.29, 0.717) is 6.61 Å². The van der Waals surface area contributed by atoms with E-state index >= 15 is 0 Å². The molecule has 2 aromatic rings. The van der Waals surface area contributed by atoms with Crippen molar-refractivity contribution in [1.29, 1.82) is 0 Å². The van der Waals surface area contributed by atoms with E-state index in [0.717, 1.165) is 23.4 Å². The first-order chi connectivity index (χ1) is 7.92. The second-order valence-corrected chi connectivity index (χ2v) is 3.51. The van der Waals surface area contributed by atoms with E-state index in [1.807, 2.05) is 37.4 Å². The van der Waals surface area contributed by atoms with Gasteiger partial charge in [0.2, 0.25) is 0 Å². The van der Waals surface area contributed by atoms with Gasteiger partial charge in [-0.25, -0.2) is 0 Å². The summed E-state index contributed by atoms with van der Waals surface area (Å²) in [4.78, 5) is 4.42. The molecule has 0 atom stereocenters. The summed E-state index contributed by atoms with van der Waals surface area (Å²) in [5.41, 5.74) is 3.28. The summed E-state index contributed by atoms with van der Waals surface area (Å²) >= 11 is 0. The van der Waals surface area contributed by atoms with Crippen LogP contribution in [0.1, 0.15) is 12.5 Å². The zero-order valence-electron chi connectivity index (χ0n) is 9.39. The van der Waals surface area contributed by atoms with Crippen molar-refractivity contribution in [3.8, 4) is 11.3 Å². The second kappa shape index (κ2) is 5.42. The fourth-order valence-corrected chi connectivity index (χ4v) is 1.62. The van der Waals surface area contributed by atoms with Gasteiger partial charge in [-0.1, -0.05) is 36.4 Å². The van der Waals surface area contributed by atoms with Crippen molar-refractivity contribution in [3.63, 3.8) is 0 Å². The lowest BCUT2D eigenvalue weighted by Gasteiger charge is -2.08. The highest BCUT2D eigenvalue weighted by Crippen LogP contribution is 2.21. The van der Waals surface area contributed by atoms with Crippen LogP contribution >= 0.6 is 0 Å². The SMILES string of the molecule is CCOCc1cccnc1-c1ccccc1. The molecular weight excluding hydrogens is 198 g/mol. The van der Waals surface area contributed by atoms with E-state index < -0.39 is 0 Å². The number of aromatic nitrogens is 1. The predicted octanol–water partition coefficient (Wildman–Crippen LogP) is 3.29. The van der Waals surface area contributed by atoms with Gasteiger partial charge >= 0.3 is 0 Å². The lowest BCUT2D eigenvalue weighted by Crippen LogP contribution is -1.96. The topological polar surface area (TPSA) is 22.1 Å². The van der Waals surface area contributed by atoms with E-state index in [2.05, 4.69) is 23.2 Å². The van der Waals surface area contributed by atoms with Crippen molar-refractivity contribution in [2.75, 3.05) is 6.61 Å². The molecule has 0 aliphatic heterocycles. The van der Waals surface area contributed by atoms with Crippen molar-refractivity contribution in [2.45, 2.75) is 13.5 Å². The second-order valence-electron chi connectivity index (χ2n) is 3.51. The third-order valence-electron chi connectivity index (χ3n) is 2.40. The summed E-state index contributed by atoms with van der Waals surface area (Å²) in [6.45, 7) is 3.34. The Morgan fingerprint density at radius 3 is 2.62 bits per heavy atom. The van der Waals surface area contributed by atoms with E-state index in [-0.39, 0.29) is 0 Å². The monoisotopic (exact) mass is 213 g/mol. The molecule has 0 fully saturated rings. The number of ether oxygens (including phenoxy) is 1. The Morgan fingerprint density at radius 1 is 1.06 bits per heavy atom. The fraction of sp³-hybridized carbons (Fsp3) is 0.214. The standard InChI is InChI=1S/C14H15NO/c1-2-16-11-13-9-6-10-15-14(13)12-7-4-3-5-8-12/h3-10H,2,11H2,1H3. The van der Waals surface area contributed by atoms with Gasteiger partial charge < -0.3 is 4.74 Å². The Bertz CT molecular complexity index is 439. The maximum absolute atomic E-state index is 5.44. The van der Waals surface area contributed by atoms with Crippen LogP contribution in [-0.2, 0) is 11.3 Å². The van der Waals surface area contributed by atoms with Crippen LogP contribution in [0, 0.1) is 0 Å². The van der Waals surface area contributed by atoms with Crippen LogP contribution in [-0.4, -0.2) is 11.6 Å². The summed E-state index contributed by atoms with van der Waals surface area (Å²) in [7, 11) is 0. The van der Waals surface area contributed by atoms with Gasteiger partial charge in [0.25, 0.3) is 0 Å². The number of rotatable bonds is 4. The fourth-order valence-electron chi connectivity index (χ4n) is 1.62. The van der Waals surface area contributed by atoms with Gasteiger partial charge in [-0.2, -0.15) is 0 Å². The molecule has 82 valence electrons. The van der Waals surface area contributed by atoms with E-state index in [1.165, 1.54) is 0 Å². The molecule has 0 saturated carbocycles. The van der Waals surface area contributed by atoms with Gasteiger partial charge in [0.1, 0.15) is 0 Å². The molecule has 1 aromatic heterocycles. The summed E-state index contributed by atoms with van der Waals surface area (Å²) in [5.74, 6) is 0. The first-order valence-corrected chi connectivity index (χ1v) is 5.49. The first-order valence-electron chi connectivity index (χ1n) is 5.49. The van der Waals surface area contributed by atoms with Crippen LogP contribution in [0.15, 0.2) is 48.7 Å². The van der Waals surface area contributed by atoms with Gasteiger partial charge in [-0.05, 0) is 13.0 Å². The number of hydrogen-bond acceptors (Lipinski definition) is 2. The number of hydrogen-bond donors (Lipinski definition) is 0. The Balaban J connectivity index is 2.33. The largest absolute Gasteiger partial charge is 0.377 e. The summed E-state index contributed by atoms with van der Waals surface area (Å²) in [6.07, 6.45) is 1.82. The molecule has 0 bridgehead atoms. The molecule has 2 heteroatoms. The molecule has 2 nitrogen and oxygen atoms in total. The third-order valence-corrected chi connectivity index (χ3v) is 2.40. The lowest BCUT2D eigenvalue weighted by molar-refractivity contribution is 0.134. The summed E-state index contributed by atoms with van der Waals surface area (Å²) in [5, 5.41) is 0. The lowest BCUT2D eigenvalue weighted by atomic mass is 10.1. The number of nitrogens with zero attached hydrogens (tertiary/aromatic N) is 1. The highest BCUT2D eigenvalue weighted by molar-refractivity contribution is 5.62. The smallest absolute Gasteiger partial charge is 0.0757 e. The van der Waals surface area contributed by atoms with Crippen LogP contribution in [0.3, 0.4) is 0 Å². The minimum atomic E-state index is 0.620. The van der Waals surface area contributed by atoms with Crippen molar-refractivity contribution in [1.82, 2.24) is 4.98 Å². The Kier molecular flexibility index (Phi) is 3.67. The van der Waals surface area contributed by atoms with Crippen LogP contribution in [0.4, 0.5) is 0 Å². The maximum Gasteiger partial charge on any atom is 0.0757 e. The molecule has 0 amide bonds. The third kappa shape index (κ3) is 2.47. The molecule has 1 heterocycles. The number of benzene rings is 1. The molecule has 2 rings (SSSR count). The maximum atomic E-state index is 5.44. The van der Waals surface area contributed by atoms with Crippen LogP contribution in [0.25, 0.3) is 11.3 Å². The quantitative estimate of drug-likeness (QED) is 0.777. The summed E-state index contributed by atoms with van der Waals surface area (Å²) < 4.78 is 5.44. The molecule has 0 saturated heterocycles. The van der Waals surface area contributed by atoms with Crippen LogP contribution in [0.2, 0.25) is 0 Å². The van der Waals surface area contributed by atoms with Crippen molar-refractivity contribution >= 4 is 0 Å². The predicted molar refractivity (Wildman–Crippen MR) is 65.0 cm³/mol. The molecule has 0 unspecified atom stereocenters. The minimum absolute atomic E-state index is 0.620. The Hall–Kier alpha value is -1.67. The highest BCUT2D eigenvalue weighted by Gasteiger charge is 2.04. The van der Waals surface area contributed by atoms with Gasteiger partial charge in [-0.15, -0.1) is 0 Å². The normalized spacial score (nSPS) is 10.3. The molecule has 0 radical (unpaired) electrons. The molecule has 0 aliphatic carbocycles. The molecule has 0 spiro atoms. The van der Waals surface area contributed by atoms with Crippen LogP contribution in [0.5, 0.6) is 0 Å². The summed E-state index contributed by atoms with van der Waals surface area (Å²) in [6, 6.07) is 14.2. The van der Waals surface area contributed by atoms with E-state index in [1.54, 1.807) is 0 Å². The average Bonchev–Trinajstić information content (AvgIpc) is 2.38. The highest BCUT2D eigenvalue weighted by atomic mass is 16.5. The van der Waals surface area contributed by atoms with Gasteiger partial charge in [-0.3, -0.25) is 4.98 Å². The molecule has 1 aromatic carbocycles. The minimum Gasteiger partial charge on any atom is -0.377 e. The van der Waals surface area contributed by atoms with E-state index in [4.69, 9.17) is 4.74 Å². The molecule has 16 heavy (non-hydrogen) atoms. The number of pyridine rings is 1. The zero-order valence-corrected chi connectivity index (χ0v) is 9.39. The van der Waals surface area contributed by atoms with Crippen molar-refractivity contribution in [2.24, 2.45) is 0 Å². The average molecular weight is 213 g/mol. The Labute approximate surface area is 95.9 Å². The van der Waals surface area contributed by atoms with Gasteiger partial charge in [0.15, 0.2) is 0 Å². The van der Waals surface area contributed by atoms with E-state index in [9.17, 15) is 0 Å². The first kappa shape index (κ1) is 10.8. The Morgan fingerprint density at radius 2 is 1.88 bits per heavy atom.